The summed E-state index contributed by atoms with van der Waals surface area (Å²) in [5, 5.41) is 0.561. The summed E-state index contributed by atoms with van der Waals surface area (Å²) in [6.07, 6.45) is 1.73. The minimum absolute atomic E-state index is 0.00968. The van der Waals surface area contributed by atoms with Crippen LogP contribution in [0.1, 0.15) is 16.1 Å². The highest BCUT2D eigenvalue weighted by Crippen LogP contribution is 2.20. The van der Waals surface area contributed by atoms with Crippen LogP contribution in [-0.4, -0.2) is 53.6 Å². The van der Waals surface area contributed by atoms with Gasteiger partial charge in [0.25, 0.3) is 5.91 Å². The molecule has 1 aliphatic heterocycles. The SMILES string of the molecule is COc1ccc(CN2CCN(C(=O)c3cc(Cl)cn3C)CC2)cc1F. The van der Waals surface area contributed by atoms with Gasteiger partial charge in [0.1, 0.15) is 5.69 Å². The van der Waals surface area contributed by atoms with Crippen LogP contribution in [0.3, 0.4) is 0 Å². The highest BCUT2D eigenvalue weighted by Gasteiger charge is 2.24. The molecule has 3 rings (SSSR count). The second-order valence-electron chi connectivity index (χ2n) is 6.19. The Morgan fingerprint density at radius 2 is 1.96 bits per heavy atom. The number of hydrogen-bond acceptors (Lipinski definition) is 3. The van der Waals surface area contributed by atoms with Gasteiger partial charge < -0.3 is 14.2 Å². The van der Waals surface area contributed by atoms with Gasteiger partial charge in [0.05, 0.1) is 12.1 Å². The molecule has 0 atom stereocenters. The molecule has 0 saturated carbocycles. The first-order chi connectivity index (χ1) is 12.0. The number of amides is 1. The Kier molecular flexibility index (Phi) is 5.30. The molecule has 2 aromatic rings. The zero-order chi connectivity index (χ0) is 18.0. The quantitative estimate of drug-likeness (QED) is 0.836. The number of aromatic nitrogens is 1. The molecular weight excluding hydrogens is 345 g/mol. The van der Waals surface area contributed by atoms with Gasteiger partial charge in [0, 0.05) is 46.0 Å². The van der Waals surface area contributed by atoms with Gasteiger partial charge >= 0.3 is 0 Å². The third-order valence-corrected chi connectivity index (χ3v) is 4.68. The van der Waals surface area contributed by atoms with Crippen LogP contribution < -0.4 is 4.74 Å². The molecule has 1 fully saturated rings. The number of aryl methyl sites for hydroxylation is 1. The van der Waals surface area contributed by atoms with E-state index < -0.39 is 0 Å². The lowest BCUT2D eigenvalue weighted by molar-refractivity contribution is 0.0619. The van der Waals surface area contributed by atoms with Crippen LogP contribution in [0, 0.1) is 5.82 Å². The first-order valence-corrected chi connectivity index (χ1v) is 8.51. The molecule has 0 unspecified atom stereocenters. The Balaban J connectivity index is 1.57. The third kappa shape index (κ3) is 3.96. The molecule has 134 valence electrons. The monoisotopic (exact) mass is 365 g/mol. The number of halogens is 2. The molecule has 1 aliphatic rings. The minimum atomic E-state index is -0.352. The average Bonchev–Trinajstić information content (AvgIpc) is 2.93. The molecule has 1 amide bonds. The van der Waals surface area contributed by atoms with Gasteiger partial charge in [0.2, 0.25) is 0 Å². The number of nitrogens with zero attached hydrogens (tertiary/aromatic N) is 3. The topological polar surface area (TPSA) is 37.7 Å². The molecular formula is C18H21ClFN3O2. The van der Waals surface area contributed by atoms with Gasteiger partial charge in [-0.15, -0.1) is 0 Å². The van der Waals surface area contributed by atoms with Gasteiger partial charge in [-0.25, -0.2) is 4.39 Å². The number of carbonyl (C=O) groups excluding carboxylic acids is 1. The Labute approximate surface area is 151 Å². The van der Waals surface area contributed by atoms with Gasteiger partial charge in [-0.3, -0.25) is 9.69 Å². The average molecular weight is 366 g/mol. The fourth-order valence-electron chi connectivity index (χ4n) is 3.07. The van der Waals surface area contributed by atoms with Crippen LogP contribution in [0.5, 0.6) is 5.75 Å². The van der Waals surface area contributed by atoms with Crippen LogP contribution in [-0.2, 0) is 13.6 Å². The van der Waals surface area contributed by atoms with E-state index in [2.05, 4.69) is 4.90 Å². The largest absolute Gasteiger partial charge is 0.494 e. The molecule has 2 heterocycles. The smallest absolute Gasteiger partial charge is 0.270 e. The Hall–Kier alpha value is -2.05. The maximum atomic E-state index is 13.8. The molecule has 0 bridgehead atoms. The van der Waals surface area contributed by atoms with Crippen molar-refractivity contribution in [1.82, 2.24) is 14.4 Å². The third-order valence-electron chi connectivity index (χ3n) is 4.47. The number of ether oxygens (including phenoxy) is 1. The molecule has 25 heavy (non-hydrogen) atoms. The summed E-state index contributed by atoms with van der Waals surface area (Å²) < 4.78 is 20.5. The number of hydrogen-bond donors (Lipinski definition) is 0. The van der Waals surface area contributed by atoms with Crippen LogP contribution in [0.15, 0.2) is 30.5 Å². The number of piperazine rings is 1. The lowest BCUT2D eigenvalue weighted by Gasteiger charge is -2.34. The first-order valence-electron chi connectivity index (χ1n) is 8.14. The van der Waals surface area contributed by atoms with Gasteiger partial charge in [0.15, 0.2) is 11.6 Å². The summed E-state index contributed by atoms with van der Waals surface area (Å²) in [5.74, 6) is -0.112. The predicted molar refractivity (Wildman–Crippen MR) is 94.6 cm³/mol. The van der Waals surface area contributed by atoms with Crippen molar-refractivity contribution < 1.29 is 13.9 Å². The fraction of sp³-hybridized carbons (Fsp3) is 0.389. The van der Waals surface area contributed by atoms with Crippen LogP contribution in [0.25, 0.3) is 0 Å². The molecule has 7 heteroatoms. The summed E-state index contributed by atoms with van der Waals surface area (Å²) >= 11 is 5.96. The summed E-state index contributed by atoms with van der Waals surface area (Å²) in [4.78, 5) is 16.6. The van der Waals surface area contributed by atoms with Crippen molar-refractivity contribution in [1.29, 1.82) is 0 Å². The molecule has 1 aromatic heterocycles. The van der Waals surface area contributed by atoms with E-state index in [1.165, 1.54) is 13.2 Å². The first kappa shape index (κ1) is 17.8. The second-order valence-corrected chi connectivity index (χ2v) is 6.63. The van der Waals surface area contributed by atoms with Gasteiger partial charge in [-0.1, -0.05) is 17.7 Å². The second kappa shape index (κ2) is 7.45. The van der Waals surface area contributed by atoms with E-state index in [-0.39, 0.29) is 17.5 Å². The van der Waals surface area contributed by atoms with Gasteiger partial charge in [-0.05, 0) is 23.8 Å². The lowest BCUT2D eigenvalue weighted by atomic mass is 10.1. The molecule has 0 aliphatic carbocycles. The number of rotatable bonds is 4. The maximum Gasteiger partial charge on any atom is 0.270 e. The molecule has 5 nitrogen and oxygen atoms in total. The van der Waals surface area contributed by atoms with Crippen molar-refractivity contribution in [2.24, 2.45) is 7.05 Å². The zero-order valence-electron chi connectivity index (χ0n) is 14.3. The Morgan fingerprint density at radius 1 is 1.24 bits per heavy atom. The standard InChI is InChI=1S/C18H21ClFN3O2/c1-21-12-14(19)10-16(21)18(24)23-7-5-22(6-8-23)11-13-3-4-17(25-2)15(20)9-13/h3-4,9-10,12H,5-8,11H2,1-2H3. The van der Waals surface area contributed by atoms with E-state index in [1.807, 2.05) is 18.0 Å². The van der Waals surface area contributed by atoms with Crippen molar-refractivity contribution in [2.75, 3.05) is 33.3 Å². The molecule has 0 spiro atoms. The fourth-order valence-corrected chi connectivity index (χ4v) is 3.32. The molecule has 0 N–H and O–H groups in total. The maximum absolute atomic E-state index is 13.8. The van der Waals surface area contributed by atoms with E-state index in [1.54, 1.807) is 22.9 Å². The van der Waals surface area contributed by atoms with Crippen LogP contribution >= 0.6 is 11.6 Å². The summed E-state index contributed by atoms with van der Waals surface area (Å²) in [7, 11) is 3.27. The van der Waals surface area contributed by atoms with Crippen LogP contribution in [0.4, 0.5) is 4.39 Å². The molecule has 1 saturated heterocycles. The van der Waals surface area contributed by atoms with Gasteiger partial charge in [-0.2, -0.15) is 0 Å². The van der Waals surface area contributed by atoms with Crippen LogP contribution in [0.2, 0.25) is 5.02 Å². The minimum Gasteiger partial charge on any atom is -0.494 e. The summed E-state index contributed by atoms with van der Waals surface area (Å²) in [5.41, 5.74) is 1.49. The van der Waals surface area contributed by atoms with Crippen molar-refractivity contribution >= 4 is 17.5 Å². The lowest BCUT2D eigenvalue weighted by Crippen LogP contribution is -2.48. The molecule has 0 radical (unpaired) electrons. The van der Waals surface area contributed by atoms with Crippen molar-refractivity contribution in [3.8, 4) is 5.75 Å². The highest BCUT2D eigenvalue weighted by atomic mass is 35.5. The molecule has 1 aromatic carbocycles. The van der Waals surface area contributed by atoms with Crippen molar-refractivity contribution in [2.45, 2.75) is 6.54 Å². The predicted octanol–water partition coefficient (Wildman–Crippen LogP) is 2.78. The summed E-state index contributed by atoms with van der Waals surface area (Å²) in [6, 6.07) is 6.70. The van der Waals surface area contributed by atoms with Crippen molar-refractivity contribution in [3.63, 3.8) is 0 Å². The normalized spacial score (nSPS) is 15.4. The van der Waals surface area contributed by atoms with E-state index in [0.717, 1.165) is 18.7 Å². The Morgan fingerprint density at radius 3 is 2.52 bits per heavy atom. The summed E-state index contributed by atoms with van der Waals surface area (Å²) in [6.45, 7) is 3.43. The Bertz CT molecular complexity index is 770. The number of benzene rings is 1. The van der Waals surface area contributed by atoms with E-state index >= 15 is 0 Å². The van der Waals surface area contributed by atoms with Crippen molar-refractivity contribution in [3.05, 3.63) is 52.6 Å². The van der Waals surface area contributed by atoms with E-state index in [4.69, 9.17) is 16.3 Å². The number of methoxy groups -OCH3 is 1. The zero-order valence-corrected chi connectivity index (χ0v) is 15.1. The van der Waals surface area contributed by atoms with E-state index in [9.17, 15) is 9.18 Å². The van der Waals surface area contributed by atoms with E-state index in [0.29, 0.717) is 30.4 Å². The number of carbonyl (C=O) groups is 1. The highest BCUT2D eigenvalue weighted by molar-refractivity contribution is 6.31.